The van der Waals surface area contributed by atoms with Crippen molar-refractivity contribution in [3.63, 3.8) is 0 Å². The molecular formula is C45H86N2O6P+. The number of carbonyl (C=O) groups is 1. The van der Waals surface area contributed by atoms with E-state index in [1.54, 1.807) is 6.08 Å². The lowest BCUT2D eigenvalue weighted by Gasteiger charge is -2.25. The number of aliphatic hydroxyl groups excluding tert-OH is 1. The number of carbonyl (C=O) groups excluding carboxylic acids is 1. The van der Waals surface area contributed by atoms with Crippen LogP contribution in [0.2, 0.25) is 0 Å². The number of unbranched alkanes of at least 4 members (excludes halogenated alkanes) is 20. The van der Waals surface area contributed by atoms with Gasteiger partial charge in [0.25, 0.3) is 0 Å². The van der Waals surface area contributed by atoms with Crippen LogP contribution in [-0.4, -0.2) is 73.4 Å². The quantitative estimate of drug-likeness (QED) is 0.0248. The van der Waals surface area contributed by atoms with E-state index in [9.17, 15) is 19.4 Å². The Morgan fingerprint density at radius 3 is 1.50 bits per heavy atom. The zero-order chi connectivity index (χ0) is 40.0. The average molecular weight is 782 g/mol. The van der Waals surface area contributed by atoms with Gasteiger partial charge in [-0.05, 0) is 70.6 Å². The summed E-state index contributed by atoms with van der Waals surface area (Å²) in [4.78, 5) is 23.1. The molecule has 0 aliphatic rings. The first-order valence-electron chi connectivity index (χ1n) is 22.0. The predicted molar refractivity (Wildman–Crippen MR) is 231 cm³/mol. The number of likely N-dealkylation sites (N-methyl/N-ethyl adjacent to an activating group) is 1. The van der Waals surface area contributed by atoms with Gasteiger partial charge in [-0.15, -0.1) is 0 Å². The Kier molecular flexibility index (Phi) is 36.0. The number of allylic oxidation sites excluding steroid dienone is 7. The zero-order valence-electron chi connectivity index (χ0n) is 35.7. The topological polar surface area (TPSA) is 105 Å². The first-order valence-corrected chi connectivity index (χ1v) is 23.5. The molecule has 0 saturated carbocycles. The minimum absolute atomic E-state index is 0.0508. The molecule has 0 radical (unpaired) electrons. The van der Waals surface area contributed by atoms with E-state index in [0.717, 1.165) is 57.8 Å². The predicted octanol–water partition coefficient (Wildman–Crippen LogP) is 12.1. The van der Waals surface area contributed by atoms with Crippen LogP contribution in [0.1, 0.15) is 181 Å². The SMILES string of the molecule is CCCCCC/C=C/CC/C=C/CC/C=C/C(O)C(COP(=O)(O)OCC[N+](C)(C)C)NC(=O)CCCCCCC/C=C\CCCCCCCCCCC. The maximum Gasteiger partial charge on any atom is 0.472 e. The fourth-order valence-corrected chi connectivity index (χ4v) is 6.68. The highest BCUT2D eigenvalue weighted by atomic mass is 31.2. The largest absolute Gasteiger partial charge is 0.472 e. The summed E-state index contributed by atoms with van der Waals surface area (Å²) in [6, 6.07) is -0.872. The van der Waals surface area contributed by atoms with Crippen molar-refractivity contribution in [3.05, 3.63) is 48.6 Å². The third-order valence-electron chi connectivity index (χ3n) is 9.50. The molecule has 316 valence electrons. The lowest BCUT2D eigenvalue weighted by atomic mass is 10.1. The minimum Gasteiger partial charge on any atom is -0.387 e. The number of hydrogen-bond donors (Lipinski definition) is 3. The van der Waals surface area contributed by atoms with Crippen LogP contribution in [0.4, 0.5) is 0 Å². The molecule has 9 heteroatoms. The van der Waals surface area contributed by atoms with Crippen LogP contribution >= 0.6 is 7.82 Å². The van der Waals surface area contributed by atoms with E-state index in [1.807, 2.05) is 27.2 Å². The first kappa shape index (κ1) is 52.5. The third-order valence-corrected chi connectivity index (χ3v) is 10.5. The molecule has 0 rings (SSSR count). The Hall–Kier alpha value is -1.54. The van der Waals surface area contributed by atoms with Gasteiger partial charge in [-0.1, -0.05) is 152 Å². The highest BCUT2D eigenvalue weighted by Crippen LogP contribution is 2.43. The van der Waals surface area contributed by atoms with Crippen molar-refractivity contribution in [2.24, 2.45) is 0 Å². The summed E-state index contributed by atoms with van der Waals surface area (Å²) in [5.74, 6) is -0.202. The zero-order valence-corrected chi connectivity index (χ0v) is 36.6. The summed E-state index contributed by atoms with van der Waals surface area (Å²) in [5.41, 5.74) is 0. The molecule has 1 amide bonds. The molecule has 0 spiro atoms. The van der Waals surface area contributed by atoms with Crippen molar-refractivity contribution in [3.8, 4) is 0 Å². The van der Waals surface area contributed by atoms with Gasteiger partial charge in [-0.3, -0.25) is 13.8 Å². The molecule has 0 aromatic carbocycles. The second-order valence-electron chi connectivity index (χ2n) is 16.0. The molecule has 0 aromatic heterocycles. The van der Waals surface area contributed by atoms with E-state index in [-0.39, 0.29) is 19.1 Å². The second-order valence-corrected chi connectivity index (χ2v) is 17.5. The van der Waals surface area contributed by atoms with Crippen LogP contribution < -0.4 is 5.32 Å². The highest BCUT2D eigenvalue weighted by Gasteiger charge is 2.27. The molecule has 0 heterocycles. The molecule has 8 nitrogen and oxygen atoms in total. The van der Waals surface area contributed by atoms with Crippen LogP contribution in [0.25, 0.3) is 0 Å². The Labute approximate surface area is 333 Å². The molecule has 3 N–H and O–H groups in total. The van der Waals surface area contributed by atoms with Gasteiger partial charge in [0.1, 0.15) is 13.2 Å². The molecule has 0 bridgehead atoms. The van der Waals surface area contributed by atoms with Crippen molar-refractivity contribution in [1.29, 1.82) is 0 Å². The molecule has 0 aromatic rings. The fraction of sp³-hybridized carbons (Fsp3) is 0.800. The third kappa shape index (κ3) is 38.7. The molecule has 54 heavy (non-hydrogen) atoms. The number of quaternary nitrogens is 1. The minimum atomic E-state index is -4.35. The van der Waals surface area contributed by atoms with Crippen molar-refractivity contribution >= 4 is 13.7 Å². The van der Waals surface area contributed by atoms with Crippen LogP contribution in [-0.2, 0) is 18.4 Å². The lowest BCUT2D eigenvalue weighted by molar-refractivity contribution is -0.870. The Morgan fingerprint density at radius 1 is 0.611 bits per heavy atom. The standard InChI is InChI=1S/C45H85N2O6P/c1-6-8-10-12-14-16-18-20-22-23-24-25-27-29-31-33-35-37-39-45(49)46-43(42-53-54(50,51)52-41-40-47(3,4)5)44(48)38-36-34-32-30-28-26-21-19-17-15-13-11-9-7-2/h17,19,24-25,28,30,36,38,43-44,48H,6-16,18,20-23,26-27,29,31-35,37,39-42H2,1-5H3,(H-,46,49,50,51)/p+1/b19-17+,25-24-,30-28+,38-36+. The van der Waals surface area contributed by atoms with Crippen LogP contribution in [0.3, 0.4) is 0 Å². The average Bonchev–Trinajstić information content (AvgIpc) is 3.12. The van der Waals surface area contributed by atoms with Gasteiger partial charge in [-0.25, -0.2) is 4.57 Å². The van der Waals surface area contributed by atoms with E-state index in [0.29, 0.717) is 17.4 Å². The van der Waals surface area contributed by atoms with Gasteiger partial charge >= 0.3 is 7.82 Å². The van der Waals surface area contributed by atoms with Gasteiger partial charge < -0.3 is 19.8 Å². The number of nitrogens with zero attached hydrogens (tertiary/aromatic N) is 1. The number of amides is 1. The van der Waals surface area contributed by atoms with Crippen molar-refractivity contribution in [1.82, 2.24) is 5.32 Å². The van der Waals surface area contributed by atoms with Gasteiger partial charge in [0, 0.05) is 6.42 Å². The van der Waals surface area contributed by atoms with E-state index in [2.05, 4.69) is 55.6 Å². The number of rotatable bonds is 39. The van der Waals surface area contributed by atoms with Gasteiger partial charge in [0.15, 0.2) is 0 Å². The lowest BCUT2D eigenvalue weighted by Crippen LogP contribution is -2.45. The van der Waals surface area contributed by atoms with Crippen molar-refractivity contribution in [2.45, 2.75) is 193 Å². The summed E-state index contributed by atoms with van der Waals surface area (Å²) < 4.78 is 23.5. The summed E-state index contributed by atoms with van der Waals surface area (Å²) in [5, 5.41) is 13.8. The number of aliphatic hydroxyl groups is 1. The number of hydrogen-bond acceptors (Lipinski definition) is 5. The summed E-state index contributed by atoms with van der Waals surface area (Å²) in [6.07, 6.45) is 46.1. The summed E-state index contributed by atoms with van der Waals surface area (Å²) in [7, 11) is 1.53. The number of nitrogens with one attached hydrogen (secondary N) is 1. The molecule has 0 fully saturated rings. The van der Waals surface area contributed by atoms with Gasteiger partial charge in [0.05, 0.1) is 39.9 Å². The molecule has 0 aliphatic heterocycles. The molecule has 3 atom stereocenters. The van der Waals surface area contributed by atoms with E-state index in [1.165, 1.54) is 103 Å². The van der Waals surface area contributed by atoms with E-state index in [4.69, 9.17) is 9.05 Å². The molecule has 0 aliphatic carbocycles. The Balaban J connectivity index is 4.50. The van der Waals surface area contributed by atoms with E-state index >= 15 is 0 Å². The fourth-order valence-electron chi connectivity index (χ4n) is 5.95. The summed E-state index contributed by atoms with van der Waals surface area (Å²) in [6.45, 7) is 4.74. The molecular weight excluding hydrogens is 695 g/mol. The Morgan fingerprint density at radius 2 is 1.02 bits per heavy atom. The van der Waals surface area contributed by atoms with E-state index < -0.39 is 20.0 Å². The summed E-state index contributed by atoms with van der Waals surface area (Å²) >= 11 is 0. The van der Waals surface area contributed by atoms with Crippen molar-refractivity contribution < 1.29 is 32.9 Å². The number of phosphoric ester groups is 1. The highest BCUT2D eigenvalue weighted by molar-refractivity contribution is 7.47. The van der Waals surface area contributed by atoms with Crippen LogP contribution in [0, 0.1) is 0 Å². The Bertz CT molecular complexity index is 1020. The molecule has 0 saturated heterocycles. The first-order chi connectivity index (χ1) is 26.0. The normalized spacial score (nSPS) is 14.9. The van der Waals surface area contributed by atoms with Crippen LogP contribution in [0.5, 0.6) is 0 Å². The van der Waals surface area contributed by atoms with Gasteiger partial charge in [0.2, 0.25) is 5.91 Å². The maximum atomic E-state index is 12.8. The monoisotopic (exact) mass is 782 g/mol. The van der Waals surface area contributed by atoms with Gasteiger partial charge in [-0.2, -0.15) is 0 Å². The van der Waals surface area contributed by atoms with Crippen LogP contribution in [0.15, 0.2) is 48.6 Å². The molecule has 3 unspecified atom stereocenters. The smallest absolute Gasteiger partial charge is 0.387 e. The number of phosphoric acid groups is 1. The second kappa shape index (κ2) is 37.1. The van der Waals surface area contributed by atoms with Crippen molar-refractivity contribution in [2.75, 3.05) is 40.9 Å². The maximum absolute atomic E-state index is 12.8.